The molecule has 0 amide bonds. The van der Waals surface area contributed by atoms with Gasteiger partial charge in [0, 0.05) is 140 Å². The fraction of sp³-hybridized carbons (Fsp3) is 0.392. The summed E-state index contributed by atoms with van der Waals surface area (Å²) in [7, 11) is 0. The van der Waals surface area contributed by atoms with Gasteiger partial charge in [0.2, 0.25) is 0 Å². The molecule has 17 aromatic rings. The van der Waals surface area contributed by atoms with Crippen molar-refractivity contribution in [3.05, 3.63) is 178 Å². The van der Waals surface area contributed by atoms with Crippen molar-refractivity contribution in [3.8, 4) is 121 Å². The Morgan fingerprint density at radius 3 is 0.861 bits per heavy atom. The summed E-state index contributed by atoms with van der Waals surface area (Å²) in [6.07, 6.45) is 44.8. The first-order chi connectivity index (χ1) is 60.1. The molecule has 2 unspecified atom stereocenters. The topological polar surface area (TPSA) is 51.6 Å². The molecule has 20 heteroatoms. The molecule has 4 nitrogen and oxygen atoms in total. The van der Waals surface area contributed by atoms with E-state index in [1.165, 1.54) is 319 Å². The Morgan fingerprint density at radius 1 is 0.254 bits per heavy atom. The molecule has 2 atom stereocenters. The number of halogens is 2. The van der Waals surface area contributed by atoms with Crippen molar-refractivity contribution in [1.82, 2.24) is 17.5 Å². The molecule has 0 aliphatic rings. The average Bonchev–Trinajstić information content (AvgIpc) is 1.56. The van der Waals surface area contributed by atoms with Gasteiger partial charge in [-0.15, -0.1) is 136 Å². The number of rotatable bonds is 48. The van der Waals surface area contributed by atoms with Crippen molar-refractivity contribution in [1.29, 1.82) is 0 Å². The van der Waals surface area contributed by atoms with Crippen molar-refractivity contribution in [2.75, 3.05) is 0 Å². The molecule has 0 radical (unpaired) electrons. The third-order valence-electron chi connectivity index (χ3n) is 24.3. The van der Waals surface area contributed by atoms with E-state index in [4.69, 9.17) is 17.5 Å². The van der Waals surface area contributed by atoms with E-state index >= 15 is 8.78 Å². The molecule has 122 heavy (non-hydrogen) atoms. The second-order valence-electron chi connectivity index (χ2n) is 33.2. The second-order valence-corrected chi connectivity index (χ2v) is 47.1. The molecule has 3 aromatic carbocycles. The summed E-state index contributed by atoms with van der Waals surface area (Å²) in [5, 5.41) is 6.80. The maximum absolute atomic E-state index is 17.4. The second kappa shape index (κ2) is 43.3. The molecule has 0 aliphatic heterocycles. The quantitative estimate of drug-likeness (QED) is 0.0357. The first-order valence-corrected chi connectivity index (χ1v) is 56.3. The van der Waals surface area contributed by atoms with Crippen LogP contribution in [0.5, 0.6) is 0 Å². The van der Waals surface area contributed by atoms with E-state index in [1.807, 2.05) is 90.7 Å². The molecular formula is C102H108F2N4S14. The summed E-state index contributed by atoms with van der Waals surface area (Å²) in [6, 6.07) is 53.2. The monoisotopic (exact) mass is 1870 g/mol. The Bertz CT molecular complexity index is 5740. The number of hydrogen-bond donors (Lipinski definition) is 0. The zero-order valence-corrected chi connectivity index (χ0v) is 81.9. The fourth-order valence-corrected chi connectivity index (χ4v) is 32.0. The lowest BCUT2D eigenvalue weighted by molar-refractivity contribution is 0.402. The highest BCUT2D eigenvalue weighted by molar-refractivity contribution is 7.32. The molecule has 0 saturated heterocycles. The molecule has 0 bridgehead atoms. The van der Waals surface area contributed by atoms with Gasteiger partial charge in [-0.3, -0.25) is 0 Å². The summed E-state index contributed by atoms with van der Waals surface area (Å²) in [5.74, 6) is 0.825. The maximum atomic E-state index is 17.4. The van der Waals surface area contributed by atoms with E-state index in [0.29, 0.717) is 34.0 Å². The standard InChI is InChI=1S/C102H108F2N4S14/c1-5-9-13-17-21-23-27-31-37-65(35-29-25-19-15-11-7-3)59-67-41-43-75(111-67)69-61-73(103)95(99-97(69)105-121-107-99)89-55-51-83(117-89)81-49-53-87(115-81)93-71-63-91(85-47-45-79(113-85)77-39-33-57-109-77)120-102(71)94(72-64-92(119-101(72)93)86-48-46-80(114-86)78-40-34-58-110-78)88-54-50-82(116-88)84-52-56-90(118-84)96-74(104)62-70(98-100(96)108-122-106-98)76-44-42-68(112-76)60-66(36-30-26-20-16-12-8-4)38-32-28-24-22-18-14-10-6-2/h33-34,39-58,61-66H,5-32,35-38,59-60H2,1-4H3. The molecule has 17 rings (SSSR count). The predicted octanol–water partition coefficient (Wildman–Crippen LogP) is 39.9. The molecule has 634 valence electrons. The highest BCUT2D eigenvalue weighted by Gasteiger charge is 2.29. The maximum Gasteiger partial charge on any atom is 0.134 e. The predicted molar refractivity (Wildman–Crippen MR) is 548 cm³/mol. The zero-order chi connectivity index (χ0) is 83.1. The number of fused-ring (bicyclic) bond motifs is 4. The van der Waals surface area contributed by atoms with Crippen LogP contribution in [0.2, 0.25) is 0 Å². The smallest absolute Gasteiger partial charge is 0.134 e. The van der Waals surface area contributed by atoms with Crippen LogP contribution in [0.25, 0.3) is 163 Å². The lowest BCUT2D eigenvalue weighted by Gasteiger charge is -2.16. The summed E-state index contributed by atoms with van der Waals surface area (Å²) < 4.78 is 56.9. The van der Waals surface area contributed by atoms with Crippen molar-refractivity contribution in [2.24, 2.45) is 11.8 Å². The van der Waals surface area contributed by atoms with Gasteiger partial charge >= 0.3 is 0 Å². The Labute approximate surface area is 776 Å². The van der Waals surface area contributed by atoms with Gasteiger partial charge < -0.3 is 0 Å². The van der Waals surface area contributed by atoms with Gasteiger partial charge in [0.1, 0.15) is 33.7 Å². The summed E-state index contributed by atoms with van der Waals surface area (Å²) in [5.41, 5.74) is 8.06. The number of aromatic nitrogens is 4. The van der Waals surface area contributed by atoms with E-state index in [9.17, 15) is 0 Å². The third-order valence-corrected chi connectivity index (χ3v) is 39.4. The number of benzene rings is 3. The van der Waals surface area contributed by atoms with Gasteiger partial charge in [0.25, 0.3) is 0 Å². The lowest BCUT2D eigenvalue weighted by atomic mass is 9.91. The summed E-state index contributed by atoms with van der Waals surface area (Å²) >= 11 is 24.0. The van der Waals surface area contributed by atoms with Crippen LogP contribution in [-0.4, -0.2) is 17.5 Å². The lowest BCUT2D eigenvalue weighted by Crippen LogP contribution is -2.04. The third kappa shape index (κ3) is 20.9. The van der Waals surface area contributed by atoms with Crippen LogP contribution in [0.3, 0.4) is 0 Å². The molecular weight excluding hydrogens is 1770 g/mol. The minimum Gasteiger partial charge on any atom is -0.206 e. The van der Waals surface area contributed by atoms with Crippen molar-refractivity contribution >= 4 is 202 Å². The Kier molecular flexibility index (Phi) is 31.2. The van der Waals surface area contributed by atoms with Crippen molar-refractivity contribution in [3.63, 3.8) is 0 Å². The Morgan fingerprint density at radius 2 is 0.533 bits per heavy atom. The summed E-state index contributed by atoms with van der Waals surface area (Å²) in [4.78, 5) is 23.5. The van der Waals surface area contributed by atoms with Crippen LogP contribution in [0.15, 0.2) is 156 Å². The highest BCUT2D eigenvalue weighted by atomic mass is 32.2. The van der Waals surface area contributed by atoms with Crippen LogP contribution in [-0.2, 0) is 12.8 Å². The average molecular weight is 1880 g/mol. The minimum atomic E-state index is -0.257. The van der Waals surface area contributed by atoms with E-state index in [2.05, 4.69) is 172 Å². The first-order valence-electron chi connectivity index (χ1n) is 45.0. The van der Waals surface area contributed by atoms with Gasteiger partial charge in [-0.25, -0.2) is 8.78 Å². The first kappa shape index (κ1) is 88.1. The van der Waals surface area contributed by atoms with Crippen LogP contribution in [0, 0.1) is 23.5 Å². The van der Waals surface area contributed by atoms with Gasteiger partial charge in [0.05, 0.1) is 34.6 Å². The van der Waals surface area contributed by atoms with Gasteiger partial charge in [-0.2, -0.15) is 17.5 Å². The SMILES string of the molecule is CCCCCCCCCCC(CCCCCCCC)Cc1ccc(-c2cc(F)c(-c3ccc(-c4ccc(-c5c6cc(-c7ccc(-c8cccs8)s7)sc6c(-c6ccc(-c7ccc(-c8c(F)cc(-c9ccc(CC(CCCCCCCC)CCCCCCCCCC)s9)c9nsnc89)s7)s6)c6cc(-c7ccc(-c8cccs8)s7)sc56)s4)s3)c3nsnc23)s1. The van der Waals surface area contributed by atoms with Gasteiger partial charge in [-0.1, -0.05) is 245 Å². The van der Waals surface area contributed by atoms with Crippen molar-refractivity contribution in [2.45, 2.75) is 246 Å². The van der Waals surface area contributed by atoms with Crippen molar-refractivity contribution < 1.29 is 8.78 Å². The zero-order valence-electron chi connectivity index (χ0n) is 70.5. The Hall–Kier alpha value is -5.92. The fourth-order valence-electron chi connectivity index (χ4n) is 17.7. The Balaban J connectivity index is 0.672. The molecule has 0 spiro atoms. The number of hydrogen-bond acceptors (Lipinski definition) is 18. The largest absolute Gasteiger partial charge is 0.206 e. The molecule has 0 saturated carbocycles. The molecule has 14 heterocycles. The normalized spacial score (nSPS) is 12.6. The molecule has 0 aliphatic carbocycles. The highest BCUT2D eigenvalue weighted by Crippen LogP contribution is 2.58. The van der Waals surface area contributed by atoms with E-state index in [-0.39, 0.29) is 11.6 Å². The van der Waals surface area contributed by atoms with E-state index < -0.39 is 0 Å². The number of nitrogens with zero attached hydrogens (tertiary/aromatic N) is 4. The molecule has 0 N–H and O–H groups in total. The number of unbranched alkanes of at least 4 members (excludes halogenated alkanes) is 24. The minimum absolute atomic E-state index is 0.257. The van der Waals surface area contributed by atoms with Crippen LogP contribution < -0.4 is 0 Å². The van der Waals surface area contributed by atoms with Crippen LogP contribution >= 0.6 is 159 Å². The van der Waals surface area contributed by atoms with Gasteiger partial charge in [0.15, 0.2) is 0 Å². The summed E-state index contributed by atoms with van der Waals surface area (Å²) in [6.45, 7) is 9.20. The van der Waals surface area contributed by atoms with E-state index in [0.717, 1.165) is 74.0 Å². The molecule has 14 aromatic heterocycles. The molecule has 0 fully saturated rings. The van der Waals surface area contributed by atoms with Crippen LogP contribution in [0.1, 0.15) is 243 Å². The van der Waals surface area contributed by atoms with E-state index in [1.54, 1.807) is 57.5 Å². The van der Waals surface area contributed by atoms with Crippen LogP contribution in [0.4, 0.5) is 8.78 Å². The van der Waals surface area contributed by atoms with Gasteiger partial charge in [-0.05, 0) is 169 Å². The number of thiophene rings is 12.